The van der Waals surface area contributed by atoms with Crippen molar-refractivity contribution in [2.45, 2.75) is 26.9 Å². The summed E-state index contributed by atoms with van der Waals surface area (Å²) in [7, 11) is 1.53. The Bertz CT molecular complexity index is 1100. The molecule has 0 radical (unpaired) electrons. The van der Waals surface area contributed by atoms with Crippen LogP contribution in [-0.4, -0.2) is 39.1 Å². The van der Waals surface area contributed by atoms with Gasteiger partial charge in [-0.3, -0.25) is 10.1 Å². The van der Waals surface area contributed by atoms with Gasteiger partial charge in [0.1, 0.15) is 11.5 Å². The SMILES string of the molecule is Cc1cnnc(C)c1C(=O)N(C)Cc1nc(NC(=O)NCc2cccc(F)c2)sc1F. The lowest BCUT2D eigenvalue weighted by Gasteiger charge is -2.18. The molecule has 0 saturated heterocycles. The molecule has 3 amide bonds. The Balaban J connectivity index is 1.61. The first-order valence-corrected chi connectivity index (χ1v) is 10.0. The lowest BCUT2D eigenvalue weighted by molar-refractivity contribution is 0.0780. The molecule has 0 aliphatic carbocycles. The molecule has 0 atom stereocenters. The van der Waals surface area contributed by atoms with Crippen LogP contribution in [0.1, 0.15) is 32.9 Å². The highest BCUT2D eigenvalue weighted by Gasteiger charge is 2.21. The second-order valence-electron chi connectivity index (χ2n) is 6.83. The van der Waals surface area contributed by atoms with E-state index in [1.54, 1.807) is 19.9 Å². The van der Waals surface area contributed by atoms with E-state index in [4.69, 9.17) is 0 Å². The number of rotatable bonds is 6. The predicted octanol–water partition coefficient (Wildman–Crippen LogP) is 3.42. The lowest BCUT2D eigenvalue weighted by Crippen LogP contribution is -2.29. The number of carbonyl (C=O) groups excluding carboxylic acids is 2. The Morgan fingerprint density at radius 1 is 1.23 bits per heavy atom. The zero-order valence-electron chi connectivity index (χ0n) is 17.1. The summed E-state index contributed by atoms with van der Waals surface area (Å²) >= 11 is 0.653. The molecule has 31 heavy (non-hydrogen) atoms. The monoisotopic (exact) mass is 446 g/mol. The van der Waals surface area contributed by atoms with E-state index in [1.807, 2.05) is 0 Å². The van der Waals surface area contributed by atoms with E-state index in [-0.39, 0.29) is 29.8 Å². The van der Waals surface area contributed by atoms with Gasteiger partial charge in [0, 0.05) is 13.6 Å². The Morgan fingerprint density at radius 2 is 2.00 bits per heavy atom. The van der Waals surface area contributed by atoms with Gasteiger partial charge in [-0.05, 0) is 37.1 Å². The summed E-state index contributed by atoms with van der Waals surface area (Å²) < 4.78 is 27.5. The third-order valence-electron chi connectivity index (χ3n) is 4.37. The molecule has 0 unspecified atom stereocenters. The number of benzene rings is 1. The van der Waals surface area contributed by atoms with Crippen molar-refractivity contribution in [2.75, 3.05) is 12.4 Å². The van der Waals surface area contributed by atoms with Crippen molar-refractivity contribution in [1.82, 2.24) is 25.4 Å². The van der Waals surface area contributed by atoms with Crippen molar-refractivity contribution in [3.05, 3.63) is 69.5 Å². The summed E-state index contributed by atoms with van der Waals surface area (Å²) in [5.41, 5.74) is 2.16. The van der Waals surface area contributed by atoms with E-state index >= 15 is 0 Å². The number of anilines is 1. The van der Waals surface area contributed by atoms with Gasteiger partial charge >= 0.3 is 6.03 Å². The van der Waals surface area contributed by atoms with E-state index in [0.717, 1.165) is 0 Å². The van der Waals surface area contributed by atoms with Gasteiger partial charge in [-0.15, -0.1) is 0 Å². The second-order valence-corrected chi connectivity index (χ2v) is 7.78. The molecule has 0 aliphatic heterocycles. The summed E-state index contributed by atoms with van der Waals surface area (Å²) in [6.07, 6.45) is 1.49. The van der Waals surface area contributed by atoms with Gasteiger partial charge in [-0.25, -0.2) is 14.2 Å². The number of hydrogen-bond donors (Lipinski definition) is 2. The first-order chi connectivity index (χ1) is 14.7. The lowest BCUT2D eigenvalue weighted by atomic mass is 10.1. The average molecular weight is 446 g/mol. The maximum atomic E-state index is 14.3. The fourth-order valence-electron chi connectivity index (χ4n) is 2.87. The van der Waals surface area contributed by atoms with Crippen LogP contribution in [0.15, 0.2) is 30.5 Å². The summed E-state index contributed by atoms with van der Waals surface area (Å²) in [5, 5.41) is 12.1. The Labute approximate surface area is 181 Å². The molecule has 162 valence electrons. The normalized spacial score (nSPS) is 10.6. The minimum atomic E-state index is -0.610. The second kappa shape index (κ2) is 9.56. The van der Waals surface area contributed by atoms with Crippen molar-refractivity contribution in [2.24, 2.45) is 0 Å². The van der Waals surface area contributed by atoms with E-state index in [0.29, 0.717) is 33.7 Å². The number of aromatic nitrogens is 3. The highest BCUT2D eigenvalue weighted by molar-refractivity contribution is 7.14. The van der Waals surface area contributed by atoms with Gasteiger partial charge < -0.3 is 10.2 Å². The Morgan fingerprint density at radius 3 is 2.71 bits per heavy atom. The summed E-state index contributed by atoms with van der Waals surface area (Å²) in [6.45, 7) is 3.43. The van der Waals surface area contributed by atoms with Crippen LogP contribution >= 0.6 is 11.3 Å². The maximum Gasteiger partial charge on any atom is 0.321 e. The van der Waals surface area contributed by atoms with Crippen molar-refractivity contribution in [3.63, 3.8) is 0 Å². The number of urea groups is 1. The van der Waals surface area contributed by atoms with Crippen molar-refractivity contribution >= 4 is 28.4 Å². The highest BCUT2D eigenvalue weighted by atomic mass is 32.1. The quantitative estimate of drug-likeness (QED) is 0.604. The van der Waals surface area contributed by atoms with Gasteiger partial charge in [0.15, 0.2) is 5.13 Å². The topological polar surface area (TPSA) is 100 Å². The maximum absolute atomic E-state index is 14.3. The van der Waals surface area contributed by atoms with Gasteiger partial charge in [0.2, 0.25) is 5.13 Å². The number of hydrogen-bond acceptors (Lipinski definition) is 6. The zero-order chi connectivity index (χ0) is 22.5. The number of aryl methyl sites for hydroxylation is 2. The van der Waals surface area contributed by atoms with E-state index < -0.39 is 17.0 Å². The van der Waals surface area contributed by atoms with Crippen LogP contribution in [0, 0.1) is 24.8 Å². The largest absolute Gasteiger partial charge is 0.336 e. The first kappa shape index (κ1) is 22.2. The van der Waals surface area contributed by atoms with Crippen molar-refractivity contribution in [3.8, 4) is 0 Å². The molecule has 8 nitrogen and oxygen atoms in total. The molecule has 0 spiro atoms. The summed E-state index contributed by atoms with van der Waals surface area (Å²) in [6, 6.07) is 5.20. The van der Waals surface area contributed by atoms with Crippen LogP contribution in [0.2, 0.25) is 0 Å². The van der Waals surface area contributed by atoms with E-state index in [2.05, 4.69) is 25.8 Å². The number of amides is 3. The first-order valence-electron chi connectivity index (χ1n) is 9.23. The fourth-order valence-corrected chi connectivity index (χ4v) is 3.56. The average Bonchev–Trinajstić information content (AvgIpc) is 3.04. The molecule has 3 aromatic rings. The molecule has 3 rings (SSSR count). The molecule has 0 saturated carbocycles. The van der Waals surface area contributed by atoms with E-state index in [9.17, 15) is 18.4 Å². The fraction of sp³-hybridized carbons (Fsp3) is 0.250. The van der Waals surface area contributed by atoms with Crippen LogP contribution in [-0.2, 0) is 13.1 Å². The standard InChI is InChI=1S/C20H20F2N6O2S/c1-11-8-24-27-12(2)16(11)18(29)28(3)10-15-17(22)31-20(25-15)26-19(30)23-9-13-5-4-6-14(21)7-13/h4-8H,9-10H2,1-3H3,(H2,23,25,26,30). The highest BCUT2D eigenvalue weighted by Crippen LogP contribution is 2.23. The van der Waals surface area contributed by atoms with Gasteiger partial charge in [0.25, 0.3) is 5.91 Å². The Kier molecular flexibility index (Phi) is 6.85. The molecule has 2 aromatic heterocycles. The summed E-state index contributed by atoms with van der Waals surface area (Å²) in [5.74, 6) is -0.738. The number of halogens is 2. The molecule has 0 fully saturated rings. The summed E-state index contributed by atoms with van der Waals surface area (Å²) in [4.78, 5) is 30.2. The van der Waals surface area contributed by atoms with E-state index in [1.165, 1.54) is 36.3 Å². The van der Waals surface area contributed by atoms with Crippen LogP contribution in [0.25, 0.3) is 0 Å². The van der Waals surface area contributed by atoms with Gasteiger partial charge in [-0.2, -0.15) is 14.6 Å². The molecule has 0 bridgehead atoms. The number of nitrogens with zero attached hydrogens (tertiary/aromatic N) is 4. The third-order valence-corrected chi connectivity index (χ3v) is 5.18. The van der Waals surface area contributed by atoms with Gasteiger partial charge in [-0.1, -0.05) is 23.5 Å². The van der Waals surface area contributed by atoms with Gasteiger partial charge in [0.05, 0.1) is 24.0 Å². The molecule has 2 N–H and O–H groups in total. The molecule has 0 aliphatic rings. The molecular formula is C20H20F2N6O2S. The van der Waals surface area contributed by atoms with Crippen LogP contribution in [0.5, 0.6) is 0 Å². The molecule has 1 aromatic carbocycles. The molecular weight excluding hydrogens is 426 g/mol. The molecule has 11 heteroatoms. The smallest absolute Gasteiger partial charge is 0.321 e. The van der Waals surface area contributed by atoms with Crippen LogP contribution in [0.4, 0.5) is 18.7 Å². The third kappa shape index (κ3) is 5.57. The number of thiazole rings is 1. The number of carbonyl (C=O) groups is 2. The number of nitrogens with one attached hydrogen (secondary N) is 2. The van der Waals surface area contributed by atoms with Crippen molar-refractivity contribution < 1.29 is 18.4 Å². The van der Waals surface area contributed by atoms with Crippen molar-refractivity contribution in [1.29, 1.82) is 0 Å². The zero-order valence-corrected chi connectivity index (χ0v) is 17.9. The minimum absolute atomic E-state index is 0.0265. The van der Waals surface area contributed by atoms with Crippen LogP contribution < -0.4 is 10.6 Å². The predicted molar refractivity (Wildman–Crippen MR) is 112 cm³/mol. The minimum Gasteiger partial charge on any atom is -0.336 e. The molecule has 2 heterocycles. The van der Waals surface area contributed by atoms with Crippen LogP contribution in [0.3, 0.4) is 0 Å². The Hall–Kier alpha value is -3.47.